The van der Waals surface area contributed by atoms with Crippen molar-refractivity contribution in [1.29, 1.82) is 0 Å². The maximum Gasteiger partial charge on any atom is 0.322 e. The summed E-state index contributed by atoms with van der Waals surface area (Å²) in [6.07, 6.45) is 3.82. The van der Waals surface area contributed by atoms with Gasteiger partial charge in [0.1, 0.15) is 0 Å². The van der Waals surface area contributed by atoms with Gasteiger partial charge in [-0.15, -0.1) is 0 Å². The van der Waals surface area contributed by atoms with Crippen LogP contribution in [0.2, 0.25) is 0 Å². The number of urea groups is 1. The molecule has 2 aromatic heterocycles. The lowest BCUT2D eigenvalue weighted by atomic mass is 10.2. The van der Waals surface area contributed by atoms with Crippen molar-refractivity contribution >= 4 is 11.7 Å². The number of carbonyl (C=O) groups is 1. The van der Waals surface area contributed by atoms with E-state index >= 15 is 0 Å². The van der Waals surface area contributed by atoms with Crippen molar-refractivity contribution in [3.05, 3.63) is 54.4 Å². The van der Waals surface area contributed by atoms with Gasteiger partial charge in [-0.3, -0.25) is 4.98 Å². The Morgan fingerprint density at radius 3 is 2.73 bits per heavy atom. The minimum Gasteiger partial charge on any atom is -0.316 e. The zero-order valence-electron chi connectivity index (χ0n) is 12.7. The summed E-state index contributed by atoms with van der Waals surface area (Å²) < 4.78 is 12.8. The lowest BCUT2D eigenvalue weighted by molar-refractivity contribution is 0.186. The molecule has 2 aromatic rings. The molecule has 0 saturated heterocycles. The molecular formula is C16H19FN4O. The number of anilines is 1. The van der Waals surface area contributed by atoms with Crippen molar-refractivity contribution in [2.45, 2.75) is 32.9 Å². The van der Waals surface area contributed by atoms with E-state index in [-0.39, 0.29) is 12.1 Å². The Balaban J connectivity index is 2.10. The molecule has 0 unspecified atom stereocenters. The number of nitrogens with one attached hydrogen (secondary N) is 1. The van der Waals surface area contributed by atoms with Gasteiger partial charge in [-0.1, -0.05) is 13.0 Å². The van der Waals surface area contributed by atoms with Gasteiger partial charge in [0.15, 0.2) is 0 Å². The summed E-state index contributed by atoms with van der Waals surface area (Å²) in [6, 6.07) is 8.09. The second kappa shape index (κ2) is 7.49. The quantitative estimate of drug-likeness (QED) is 0.861. The normalized spacial score (nSPS) is 11.8. The highest BCUT2D eigenvalue weighted by atomic mass is 19.1. The number of hydrogen-bond acceptors (Lipinski definition) is 3. The Labute approximate surface area is 129 Å². The average Bonchev–Trinajstić information content (AvgIpc) is 2.55. The maximum atomic E-state index is 12.8. The third-order valence-corrected chi connectivity index (χ3v) is 3.42. The summed E-state index contributed by atoms with van der Waals surface area (Å²) in [5, 5.41) is 2.73. The van der Waals surface area contributed by atoms with Crippen LogP contribution in [0.25, 0.3) is 0 Å². The number of halogens is 1. The lowest BCUT2D eigenvalue weighted by Gasteiger charge is -2.28. The fraction of sp³-hybridized carbons (Fsp3) is 0.312. The third-order valence-electron chi connectivity index (χ3n) is 3.42. The van der Waals surface area contributed by atoms with E-state index in [1.807, 2.05) is 32.0 Å². The highest BCUT2D eigenvalue weighted by Gasteiger charge is 2.20. The molecule has 6 heteroatoms. The maximum absolute atomic E-state index is 12.8. The number of rotatable bonds is 5. The van der Waals surface area contributed by atoms with Crippen molar-refractivity contribution in [1.82, 2.24) is 14.9 Å². The van der Waals surface area contributed by atoms with Gasteiger partial charge in [0.05, 0.1) is 24.1 Å². The van der Waals surface area contributed by atoms with Crippen LogP contribution in [0.15, 0.2) is 42.7 Å². The molecule has 0 bridgehead atoms. The van der Waals surface area contributed by atoms with Crippen LogP contribution in [0, 0.1) is 5.95 Å². The summed E-state index contributed by atoms with van der Waals surface area (Å²) in [5.74, 6) is -0.578. The van der Waals surface area contributed by atoms with Crippen LogP contribution in [0.1, 0.15) is 26.0 Å². The fourth-order valence-corrected chi connectivity index (χ4v) is 1.96. The molecule has 1 atom stereocenters. The smallest absolute Gasteiger partial charge is 0.316 e. The molecule has 0 aliphatic heterocycles. The van der Waals surface area contributed by atoms with Crippen LogP contribution in [-0.4, -0.2) is 26.9 Å². The molecule has 0 aromatic carbocycles. The summed E-state index contributed by atoms with van der Waals surface area (Å²) in [4.78, 5) is 21.9. The van der Waals surface area contributed by atoms with Crippen molar-refractivity contribution in [2.24, 2.45) is 0 Å². The molecule has 22 heavy (non-hydrogen) atoms. The van der Waals surface area contributed by atoms with E-state index in [1.54, 1.807) is 11.1 Å². The van der Waals surface area contributed by atoms with E-state index in [1.165, 1.54) is 18.3 Å². The van der Waals surface area contributed by atoms with Crippen LogP contribution in [-0.2, 0) is 6.54 Å². The van der Waals surface area contributed by atoms with Crippen LogP contribution in [0.5, 0.6) is 0 Å². The van der Waals surface area contributed by atoms with E-state index in [2.05, 4.69) is 15.3 Å². The first-order chi connectivity index (χ1) is 10.6. The lowest BCUT2D eigenvalue weighted by Crippen LogP contribution is -2.40. The summed E-state index contributed by atoms with van der Waals surface area (Å²) in [5.41, 5.74) is 1.27. The fourth-order valence-electron chi connectivity index (χ4n) is 1.96. The molecule has 0 aliphatic carbocycles. The number of pyridine rings is 2. The van der Waals surface area contributed by atoms with Crippen LogP contribution in [0.4, 0.5) is 14.9 Å². The van der Waals surface area contributed by atoms with Crippen LogP contribution < -0.4 is 5.32 Å². The zero-order chi connectivity index (χ0) is 15.9. The highest BCUT2D eigenvalue weighted by molar-refractivity contribution is 5.89. The Morgan fingerprint density at radius 2 is 2.14 bits per heavy atom. The van der Waals surface area contributed by atoms with Gasteiger partial charge in [-0.25, -0.2) is 9.78 Å². The van der Waals surface area contributed by atoms with Crippen LogP contribution >= 0.6 is 0 Å². The molecule has 2 amide bonds. The van der Waals surface area contributed by atoms with Crippen molar-refractivity contribution < 1.29 is 9.18 Å². The largest absolute Gasteiger partial charge is 0.322 e. The van der Waals surface area contributed by atoms with Gasteiger partial charge >= 0.3 is 6.03 Å². The Kier molecular flexibility index (Phi) is 5.41. The first kappa shape index (κ1) is 15.9. The van der Waals surface area contributed by atoms with Gasteiger partial charge in [0.2, 0.25) is 5.95 Å². The van der Waals surface area contributed by atoms with Crippen molar-refractivity contribution in [3.8, 4) is 0 Å². The second-order valence-corrected chi connectivity index (χ2v) is 5.01. The van der Waals surface area contributed by atoms with Gasteiger partial charge in [0, 0.05) is 12.2 Å². The number of nitrogens with zero attached hydrogens (tertiary/aromatic N) is 3. The number of carbonyl (C=O) groups excluding carboxylic acids is 1. The summed E-state index contributed by atoms with van der Waals surface area (Å²) in [6.45, 7) is 4.41. The van der Waals surface area contributed by atoms with E-state index in [4.69, 9.17) is 0 Å². The second-order valence-electron chi connectivity index (χ2n) is 5.01. The predicted octanol–water partition coefficient (Wildman–Crippen LogP) is 3.45. The predicted molar refractivity (Wildman–Crippen MR) is 82.7 cm³/mol. The van der Waals surface area contributed by atoms with Crippen molar-refractivity contribution in [2.75, 3.05) is 5.32 Å². The molecule has 0 aliphatic rings. The van der Waals surface area contributed by atoms with E-state index in [0.29, 0.717) is 12.2 Å². The zero-order valence-corrected chi connectivity index (χ0v) is 12.7. The molecule has 0 fully saturated rings. The van der Waals surface area contributed by atoms with Crippen LogP contribution in [0.3, 0.4) is 0 Å². The molecule has 2 heterocycles. The number of aromatic nitrogens is 2. The van der Waals surface area contributed by atoms with E-state index in [9.17, 15) is 9.18 Å². The minimum atomic E-state index is -0.578. The Bertz CT molecular complexity index is 603. The van der Waals surface area contributed by atoms with Gasteiger partial charge in [-0.2, -0.15) is 4.39 Å². The minimum absolute atomic E-state index is 0.0513. The molecule has 5 nitrogen and oxygen atoms in total. The Morgan fingerprint density at radius 1 is 1.32 bits per heavy atom. The van der Waals surface area contributed by atoms with Gasteiger partial charge in [0.25, 0.3) is 0 Å². The topological polar surface area (TPSA) is 58.1 Å². The van der Waals surface area contributed by atoms with Gasteiger partial charge in [-0.05, 0) is 37.6 Å². The monoisotopic (exact) mass is 302 g/mol. The summed E-state index contributed by atoms with van der Waals surface area (Å²) >= 11 is 0. The number of amides is 2. The average molecular weight is 302 g/mol. The molecule has 0 spiro atoms. The molecule has 1 N–H and O–H groups in total. The molecule has 0 saturated carbocycles. The van der Waals surface area contributed by atoms with E-state index < -0.39 is 5.95 Å². The van der Waals surface area contributed by atoms with Gasteiger partial charge < -0.3 is 10.2 Å². The molecule has 2 rings (SSSR count). The first-order valence-corrected chi connectivity index (χ1v) is 7.19. The molecule has 116 valence electrons. The number of hydrogen-bond donors (Lipinski definition) is 1. The Hall–Kier alpha value is -2.50. The molecular weight excluding hydrogens is 283 g/mol. The SMILES string of the molecule is CC[C@@H](C)N(Cc1ccccn1)C(=O)Nc1ccc(F)nc1. The third kappa shape index (κ3) is 4.25. The summed E-state index contributed by atoms with van der Waals surface area (Å²) in [7, 11) is 0. The highest BCUT2D eigenvalue weighted by Crippen LogP contribution is 2.13. The standard InChI is InChI=1S/C16H19FN4O/c1-3-12(2)21(11-14-6-4-5-9-18-14)16(22)20-13-7-8-15(17)19-10-13/h4-10,12H,3,11H2,1-2H3,(H,20,22)/t12-/m1/s1. The van der Waals surface area contributed by atoms with Crippen molar-refractivity contribution in [3.63, 3.8) is 0 Å². The van der Waals surface area contributed by atoms with E-state index in [0.717, 1.165) is 12.1 Å². The first-order valence-electron chi connectivity index (χ1n) is 7.19. The molecule has 0 radical (unpaired) electrons.